The Hall–Kier alpha value is -3.78. The molecule has 0 fully saturated rings. The number of allylic oxidation sites excluding steroid dienone is 1. The molecule has 0 aliphatic carbocycles. The van der Waals surface area contributed by atoms with E-state index in [9.17, 15) is 18.0 Å². The van der Waals surface area contributed by atoms with Crippen LogP contribution in [0.15, 0.2) is 78.9 Å². The first-order valence-electron chi connectivity index (χ1n) is 10.1. The average molecular weight is 487 g/mol. The van der Waals surface area contributed by atoms with Crippen molar-refractivity contribution in [2.45, 2.75) is 6.18 Å². The van der Waals surface area contributed by atoms with E-state index >= 15 is 0 Å². The van der Waals surface area contributed by atoms with Gasteiger partial charge >= 0.3 is 6.18 Å². The Bertz CT molecular complexity index is 1220. The summed E-state index contributed by atoms with van der Waals surface area (Å²) in [7, 11) is 3.78. The summed E-state index contributed by atoms with van der Waals surface area (Å²) in [5, 5.41) is 13.3. The van der Waals surface area contributed by atoms with Crippen molar-refractivity contribution in [3.8, 4) is 0 Å². The van der Waals surface area contributed by atoms with Crippen molar-refractivity contribution in [3.63, 3.8) is 0 Å². The van der Waals surface area contributed by atoms with Crippen molar-refractivity contribution in [2.24, 2.45) is 0 Å². The minimum absolute atomic E-state index is 0.0149. The van der Waals surface area contributed by atoms with Crippen LogP contribution >= 0.6 is 11.6 Å². The van der Waals surface area contributed by atoms with E-state index in [0.717, 1.165) is 5.69 Å². The average Bonchev–Trinajstić information content (AvgIpc) is 2.79. The van der Waals surface area contributed by atoms with Crippen molar-refractivity contribution in [3.05, 3.63) is 95.0 Å². The van der Waals surface area contributed by atoms with E-state index in [1.54, 1.807) is 30.3 Å². The Kier molecular flexibility index (Phi) is 7.63. The van der Waals surface area contributed by atoms with Crippen molar-refractivity contribution in [1.82, 2.24) is 0 Å². The number of rotatable bonds is 7. The highest BCUT2D eigenvalue weighted by atomic mass is 35.5. The molecular weight excluding hydrogens is 465 g/mol. The number of carbonyl (C=O) groups is 1. The molecule has 1 amide bonds. The van der Waals surface area contributed by atoms with E-state index in [-0.39, 0.29) is 11.6 Å². The zero-order valence-corrected chi connectivity index (χ0v) is 19.1. The van der Waals surface area contributed by atoms with Gasteiger partial charge < -0.3 is 15.5 Å². The number of amides is 1. The second kappa shape index (κ2) is 10.4. The summed E-state index contributed by atoms with van der Waals surface area (Å²) in [6.07, 6.45) is -4.13. The number of carbonyl (C=O) groups excluding carboxylic acids is 1. The fraction of sp³-hybridized carbons (Fsp3) is 0.120. The lowest BCUT2D eigenvalue weighted by Gasteiger charge is -2.15. The molecule has 0 unspecified atom stereocenters. The van der Waals surface area contributed by atoms with Gasteiger partial charge in [-0.3, -0.25) is 10.2 Å². The van der Waals surface area contributed by atoms with Gasteiger partial charge in [0.1, 0.15) is 5.71 Å². The second-order valence-corrected chi connectivity index (χ2v) is 7.96. The molecule has 0 heterocycles. The van der Waals surface area contributed by atoms with Crippen molar-refractivity contribution >= 4 is 46.0 Å². The van der Waals surface area contributed by atoms with Gasteiger partial charge in [-0.15, -0.1) is 0 Å². The first-order chi connectivity index (χ1) is 16.0. The smallest absolute Gasteiger partial charge is 0.378 e. The molecule has 0 aliphatic heterocycles. The van der Waals surface area contributed by atoms with E-state index in [1.165, 1.54) is 24.3 Å². The number of nitrogens with zero attached hydrogens (tertiary/aromatic N) is 1. The fourth-order valence-electron chi connectivity index (χ4n) is 2.99. The van der Waals surface area contributed by atoms with E-state index in [1.807, 2.05) is 37.2 Å². The molecule has 3 N–H and O–H groups in total. The monoisotopic (exact) mass is 486 g/mol. The molecule has 0 aromatic heterocycles. The quantitative estimate of drug-likeness (QED) is 0.326. The highest BCUT2D eigenvalue weighted by Crippen LogP contribution is 2.28. The summed E-state index contributed by atoms with van der Waals surface area (Å²) in [5.74, 6) is -0.366. The van der Waals surface area contributed by atoms with Gasteiger partial charge in [0.05, 0.1) is 10.7 Å². The number of benzene rings is 3. The third-order valence-electron chi connectivity index (χ3n) is 4.82. The van der Waals surface area contributed by atoms with Crippen LogP contribution in [0, 0.1) is 5.41 Å². The Balaban J connectivity index is 1.86. The van der Waals surface area contributed by atoms with Crippen LogP contribution in [-0.2, 0) is 0 Å². The molecule has 0 atom stereocenters. The summed E-state index contributed by atoms with van der Waals surface area (Å²) in [5.41, 5.74) is 1.07. The van der Waals surface area contributed by atoms with Crippen LogP contribution in [0.5, 0.6) is 0 Å². The number of anilines is 3. The molecule has 176 valence electrons. The van der Waals surface area contributed by atoms with Gasteiger partial charge in [-0.25, -0.2) is 0 Å². The molecule has 9 heteroatoms. The molecule has 0 spiro atoms. The third kappa shape index (κ3) is 6.39. The van der Waals surface area contributed by atoms with Crippen LogP contribution in [-0.4, -0.2) is 31.9 Å². The maximum atomic E-state index is 13.0. The van der Waals surface area contributed by atoms with E-state index in [0.29, 0.717) is 33.6 Å². The summed E-state index contributed by atoms with van der Waals surface area (Å²) in [6.45, 7) is 0. The number of halogens is 4. The molecular formula is C25H22ClF3N4O. The number of nitrogens with one attached hydrogen (secondary N) is 3. The fourth-order valence-corrected chi connectivity index (χ4v) is 3.17. The summed E-state index contributed by atoms with van der Waals surface area (Å²) in [6, 6.07) is 19.9. The van der Waals surface area contributed by atoms with Gasteiger partial charge in [0.25, 0.3) is 5.91 Å². The summed E-state index contributed by atoms with van der Waals surface area (Å²) in [4.78, 5) is 14.6. The van der Waals surface area contributed by atoms with Crippen LogP contribution in [0.2, 0.25) is 5.02 Å². The zero-order chi connectivity index (χ0) is 24.9. The molecule has 34 heavy (non-hydrogen) atoms. The van der Waals surface area contributed by atoms with Gasteiger partial charge in [0, 0.05) is 36.7 Å². The second-order valence-electron chi connectivity index (χ2n) is 7.55. The molecule has 3 aromatic carbocycles. The molecule has 0 radical (unpaired) electrons. The predicted octanol–water partition coefficient (Wildman–Crippen LogP) is 6.69. The molecule has 0 bridgehead atoms. The van der Waals surface area contributed by atoms with Gasteiger partial charge in [-0.1, -0.05) is 41.9 Å². The lowest BCUT2D eigenvalue weighted by molar-refractivity contribution is -0.0583. The number of hydrogen-bond acceptors (Lipinski definition) is 4. The SMILES string of the molecule is CN(C)c1cccc(NC(=O)c2ccc(/C(=C/C(=N)C(F)(F)F)Nc3ccccc3Cl)cc2)c1. The van der Waals surface area contributed by atoms with Crippen molar-refractivity contribution in [2.75, 3.05) is 29.6 Å². The topological polar surface area (TPSA) is 68.2 Å². The zero-order valence-electron chi connectivity index (χ0n) is 18.4. The van der Waals surface area contributed by atoms with E-state index in [4.69, 9.17) is 17.0 Å². The lowest BCUT2D eigenvalue weighted by atomic mass is 10.1. The molecule has 3 aromatic rings. The Morgan fingerprint density at radius 3 is 2.21 bits per heavy atom. The molecule has 0 saturated heterocycles. The number of para-hydroxylation sites is 1. The maximum Gasteiger partial charge on any atom is 0.432 e. The van der Waals surface area contributed by atoms with E-state index < -0.39 is 11.9 Å². The summed E-state index contributed by atoms with van der Waals surface area (Å²) >= 11 is 6.14. The normalized spacial score (nSPS) is 11.6. The van der Waals surface area contributed by atoms with Gasteiger partial charge in [-0.2, -0.15) is 13.2 Å². The first kappa shape index (κ1) is 24.9. The Morgan fingerprint density at radius 2 is 1.59 bits per heavy atom. The number of hydrogen-bond donors (Lipinski definition) is 3. The molecule has 5 nitrogen and oxygen atoms in total. The van der Waals surface area contributed by atoms with E-state index in [2.05, 4.69) is 10.6 Å². The third-order valence-corrected chi connectivity index (χ3v) is 5.15. The highest BCUT2D eigenvalue weighted by molar-refractivity contribution is 6.33. The Morgan fingerprint density at radius 1 is 0.941 bits per heavy atom. The van der Waals surface area contributed by atoms with Crippen molar-refractivity contribution < 1.29 is 18.0 Å². The van der Waals surface area contributed by atoms with Gasteiger partial charge in [0.2, 0.25) is 0 Å². The van der Waals surface area contributed by atoms with Crippen LogP contribution in [0.1, 0.15) is 15.9 Å². The van der Waals surface area contributed by atoms with Gasteiger partial charge in [-0.05, 0) is 54.1 Å². The maximum absolute atomic E-state index is 13.0. The lowest BCUT2D eigenvalue weighted by Crippen LogP contribution is -2.20. The predicted molar refractivity (Wildman–Crippen MR) is 132 cm³/mol. The minimum atomic E-state index is -4.81. The first-order valence-corrected chi connectivity index (χ1v) is 10.5. The Labute approximate surface area is 200 Å². The van der Waals surface area contributed by atoms with Gasteiger partial charge in [0.15, 0.2) is 0 Å². The standard InChI is InChI=1S/C25H22ClF3N4O/c1-33(2)19-7-5-6-18(14-19)31-24(34)17-12-10-16(11-13-17)22(15-23(30)25(27,28)29)32-21-9-4-3-8-20(21)26/h3-15,30,32H,1-2H3,(H,31,34)/b22-15-,30-23?. The highest BCUT2D eigenvalue weighted by Gasteiger charge is 2.33. The largest absolute Gasteiger partial charge is 0.432 e. The van der Waals surface area contributed by atoms with Crippen LogP contribution in [0.4, 0.5) is 30.2 Å². The molecule has 0 saturated carbocycles. The summed E-state index contributed by atoms with van der Waals surface area (Å²) < 4.78 is 39.1. The van der Waals surface area contributed by atoms with Crippen LogP contribution < -0.4 is 15.5 Å². The van der Waals surface area contributed by atoms with Crippen molar-refractivity contribution in [1.29, 1.82) is 5.41 Å². The molecule has 0 aliphatic rings. The minimum Gasteiger partial charge on any atom is -0.378 e. The number of alkyl halides is 3. The molecule has 3 rings (SSSR count). The van der Waals surface area contributed by atoms with Crippen LogP contribution in [0.3, 0.4) is 0 Å². The van der Waals surface area contributed by atoms with Crippen LogP contribution in [0.25, 0.3) is 5.70 Å².